The van der Waals surface area contributed by atoms with Gasteiger partial charge in [-0.2, -0.15) is 4.57 Å². The fourth-order valence-electron chi connectivity index (χ4n) is 1.50. The molecule has 1 aromatic heterocycles. The highest BCUT2D eigenvalue weighted by atomic mass is 127. The van der Waals surface area contributed by atoms with Crippen molar-refractivity contribution < 1.29 is 9.77 Å². The number of hydrogen-bond acceptors (Lipinski definition) is 3. The van der Waals surface area contributed by atoms with Crippen LogP contribution in [0.2, 0.25) is 0 Å². The summed E-state index contributed by atoms with van der Waals surface area (Å²) in [6.45, 7) is 2.63. The second-order valence-electron chi connectivity index (χ2n) is 3.68. The highest BCUT2D eigenvalue weighted by molar-refractivity contribution is 14.1. The van der Waals surface area contributed by atoms with Crippen molar-refractivity contribution in [1.82, 2.24) is 0 Å². The minimum Gasteiger partial charge on any atom is -0.410 e. The van der Waals surface area contributed by atoms with E-state index in [1.807, 2.05) is 36.7 Å². The Morgan fingerprint density at radius 2 is 2.12 bits per heavy atom. The maximum atomic E-state index is 9.11. The molecule has 0 bridgehead atoms. The molecule has 0 spiro atoms. The standard InChI is InChI=1S/C12H11IN2OS/c1-9-7-17-8-15(9)6-12(14-16)10-2-4-11(13)5-3-10/h2-5,7-8H,6H2,1H3/p+1/b14-12-. The van der Waals surface area contributed by atoms with E-state index in [1.165, 1.54) is 9.26 Å². The molecule has 0 radical (unpaired) electrons. The summed E-state index contributed by atoms with van der Waals surface area (Å²) in [6.07, 6.45) is 0. The maximum absolute atomic E-state index is 9.11. The molecular weight excluding hydrogens is 347 g/mol. The van der Waals surface area contributed by atoms with Crippen LogP contribution in [-0.2, 0) is 6.54 Å². The first-order valence-corrected chi connectivity index (χ1v) is 7.12. The van der Waals surface area contributed by atoms with Crippen molar-refractivity contribution in [2.75, 3.05) is 0 Å². The number of oxime groups is 1. The number of benzene rings is 1. The van der Waals surface area contributed by atoms with Gasteiger partial charge in [0.05, 0.1) is 5.38 Å². The van der Waals surface area contributed by atoms with Crippen LogP contribution in [0.25, 0.3) is 0 Å². The number of thiazole rings is 1. The lowest BCUT2D eigenvalue weighted by Crippen LogP contribution is -2.38. The molecule has 2 rings (SSSR count). The summed E-state index contributed by atoms with van der Waals surface area (Å²) in [5.74, 6) is 0. The molecule has 17 heavy (non-hydrogen) atoms. The third-order valence-corrected chi connectivity index (χ3v) is 4.07. The summed E-state index contributed by atoms with van der Waals surface area (Å²) >= 11 is 3.90. The number of aromatic nitrogens is 1. The largest absolute Gasteiger partial charge is 0.410 e. The second-order valence-corrected chi connectivity index (χ2v) is 5.65. The van der Waals surface area contributed by atoms with E-state index in [-0.39, 0.29) is 0 Å². The van der Waals surface area contributed by atoms with Gasteiger partial charge in [-0.1, -0.05) is 28.6 Å². The second kappa shape index (κ2) is 5.59. The molecule has 0 saturated heterocycles. The molecule has 1 N–H and O–H groups in total. The van der Waals surface area contributed by atoms with Crippen molar-refractivity contribution in [2.45, 2.75) is 13.5 Å². The van der Waals surface area contributed by atoms with Crippen LogP contribution in [0, 0.1) is 10.5 Å². The number of hydrogen-bond donors (Lipinski definition) is 1. The van der Waals surface area contributed by atoms with E-state index in [4.69, 9.17) is 5.21 Å². The summed E-state index contributed by atoms with van der Waals surface area (Å²) in [5, 5.41) is 14.6. The number of halogens is 1. The van der Waals surface area contributed by atoms with E-state index in [1.54, 1.807) is 11.3 Å². The van der Waals surface area contributed by atoms with Crippen molar-refractivity contribution in [3.05, 3.63) is 50.0 Å². The Morgan fingerprint density at radius 1 is 1.41 bits per heavy atom. The molecule has 3 nitrogen and oxygen atoms in total. The van der Waals surface area contributed by atoms with Gasteiger partial charge in [-0.15, -0.1) is 0 Å². The number of nitrogens with zero attached hydrogens (tertiary/aromatic N) is 2. The van der Waals surface area contributed by atoms with E-state index in [9.17, 15) is 0 Å². The quantitative estimate of drug-likeness (QED) is 0.296. The van der Waals surface area contributed by atoms with Crippen LogP contribution in [0.5, 0.6) is 0 Å². The molecule has 0 unspecified atom stereocenters. The van der Waals surface area contributed by atoms with Crippen molar-refractivity contribution in [3.8, 4) is 0 Å². The predicted molar refractivity (Wildman–Crippen MR) is 76.7 cm³/mol. The molecule has 1 heterocycles. The lowest BCUT2D eigenvalue weighted by atomic mass is 10.1. The predicted octanol–water partition coefficient (Wildman–Crippen LogP) is 2.83. The average molecular weight is 359 g/mol. The first-order chi connectivity index (χ1) is 8.20. The Labute approximate surface area is 118 Å². The smallest absolute Gasteiger partial charge is 0.225 e. The van der Waals surface area contributed by atoms with Gasteiger partial charge in [-0.3, -0.25) is 0 Å². The van der Waals surface area contributed by atoms with Crippen LogP contribution in [0.3, 0.4) is 0 Å². The Bertz CT molecular complexity index is 534. The first-order valence-electron chi connectivity index (χ1n) is 5.10. The fourth-order valence-corrected chi connectivity index (χ4v) is 2.64. The summed E-state index contributed by atoms with van der Waals surface area (Å²) < 4.78 is 3.24. The fraction of sp³-hybridized carbons (Fsp3) is 0.167. The van der Waals surface area contributed by atoms with E-state index in [2.05, 4.69) is 37.7 Å². The van der Waals surface area contributed by atoms with Crippen LogP contribution >= 0.6 is 33.9 Å². The molecule has 0 amide bonds. The van der Waals surface area contributed by atoms with Crippen LogP contribution in [0.4, 0.5) is 0 Å². The third-order valence-electron chi connectivity index (χ3n) is 2.50. The zero-order valence-electron chi connectivity index (χ0n) is 9.30. The van der Waals surface area contributed by atoms with Crippen molar-refractivity contribution in [1.29, 1.82) is 0 Å². The summed E-state index contributed by atoms with van der Waals surface area (Å²) in [6, 6.07) is 7.95. The Kier molecular flexibility index (Phi) is 4.11. The molecule has 0 fully saturated rings. The highest BCUT2D eigenvalue weighted by Gasteiger charge is 2.14. The minimum atomic E-state index is 0.590. The Hall–Kier alpha value is -0.950. The molecule has 0 aliphatic heterocycles. The number of aryl methyl sites for hydroxylation is 1. The van der Waals surface area contributed by atoms with Gasteiger partial charge in [0.1, 0.15) is 0 Å². The van der Waals surface area contributed by atoms with E-state index < -0.39 is 0 Å². The average Bonchev–Trinajstić information content (AvgIpc) is 2.73. The maximum Gasteiger partial charge on any atom is 0.225 e. The molecule has 0 aliphatic carbocycles. The summed E-state index contributed by atoms with van der Waals surface area (Å²) in [4.78, 5) is 0. The van der Waals surface area contributed by atoms with Gasteiger partial charge in [-0.25, -0.2) is 0 Å². The molecule has 0 saturated carbocycles. The van der Waals surface area contributed by atoms with Crippen LogP contribution in [0.15, 0.2) is 40.3 Å². The monoisotopic (exact) mass is 359 g/mol. The summed E-state index contributed by atoms with van der Waals surface area (Å²) in [5.41, 5.74) is 4.81. The van der Waals surface area contributed by atoms with Gasteiger partial charge < -0.3 is 5.21 Å². The van der Waals surface area contributed by atoms with E-state index in [0.29, 0.717) is 12.3 Å². The highest BCUT2D eigenvalue weighted by Crippen LogP contribution is 2.08. The number of rotatable bonds is 3. The van der Waals surface area contributed by atoms with Gasteiger partial charge in [0.15, 0.2) is 18.0 Å². The minimum absolute atomic E-state index is 0.590. The van der Waals surface area contributed by atoms with E-state index in [0.717, 1.165) is 5.56 Å². The van der Waals surface area contributed by atoms with Crippen LogP contribution in [0.1, 0.15) is 11.3 Å². The van der Waals surface area contributed by atoms with Crippen molar-refractivity contribution in [2.24, 2.45) is 5.16 Å². The summed E-state index contributed by atoms with van der Waals surface area (Å²) in [7, 11) is 0. The van der Waals surface area contributed by atoms with Crippen molar-refractivity contribution in [3.63, 3.8) is 0 Å². The first kappa shape index (κ1) is 12.5. The molecule has 5 heteroatoms. The molecule has 0 aliphatic rings. The molecule has 1 aromatic carbocycles. The zero-order chi connectivity index (χ0) is 12.3. The van der Waals surface area contributed by atoms with Crippen molar-refractivity contribution >= 4 is 39.6 Å². The normalized spacial score (nSPS) is 11.8. The lowest BCUT2D eigenvalue weighted by molar-refractivity contribution is -0.683. The zero-order valence-corrected chi connectivity index (χ0v) is 12.3. The van der Waals surface area contributed by atoms with Gasteiger partial charge in [-0.05, 0) is 34.7 Å². The Balaban J connectivity index is 2.24. The van der Waals surface area contributed by atoms with Crippen LogP contribution < -0.4 is 4.57 Å². The molecule has 88 valence electrons. The van der Waals surface area contributed by atoms with E-state index >= 15 is 0 Å². The van der Waals surface area contributed by atoms with Gasteiger partial charge in [0.25, 0.3) is 0 Å². The molecular formula is C12H12IN2OS+. The van der Waals surface area contributed by atoms with Crippen LogP contribution in [-0.4, -0.2) is 10.9 Å². The topological polar surface area (TPSA) is 36.5 Å². The van der Waals surface area contributed by atoms with Gasteiger partial charge in [0, 0.05) is 16.1 Å². The third kappa shape index (κ3) is 3.04. The molecule has 2 aromatic rings. The SMILES string of the molecule is Cc1csc[n+]1C/C(=N/O)c1ccc(I)cc1. The van der Waals surface area contributed by atoms with Gasteiger partial charge >= 0.3 is 0 Å². The molecule has 0 atom stereocenters. The van der Waals surface area contributed by atoms with Gasteiger partial charge in [0.2, 0.25) is 5.51 Å². The Morgan fingerprint density at radius 3 is 2.65 bits per heavy atom. The lowest BCUT2D eigenvalue weighted by Gasteiger charge is -2.01.